The predicted octanol–water partition coefficient (Wildman–Crippen LogP) is 7.29. The molecule has 0 saturated carbocycles. The van der Waals surface area contributed by atoms with E-state index in [0.29, 0.717) is 0 Å². The van der Waals surface area contributed by atoms with E-state index in [0.717, 1.165) is 22.6 Å². The van der Waals surface area contributed by atoms with Crippen molar-refractivity contribution in [1.29, 1.82) is 0 Å². The van der Waals surface area contributed by atoms with Crippen LogP contribution in [0.3, 0.4) is 0 Å². The number of phenolic OH excluding ortho intramolecular Hbond substituents is 2. The van der Waals surface area contributed by atoms with Gasteiger partial charge in [-0.05, 0) is 71.8 Å². The van der Waals surface area contributed by atoms with Gasteiger partial charge in [-0.25, -0.2) is 0 Å². The molecule has 4 aromatic rings. The van der Waals surface area contributed by atoms with E-state index in [1.165, 1.54) is 5.56 Å². The number of aromatic hydroxyl groups is 2. The summed E-state index contributed by atoms with van der Waals surface area (Å²) < 4.78 is 0. The van der Waals surface area contributed by atoms with Gasteiger partial charge in [-0.1, -0.05) is 66.8 Å². The van der Waals surface area contributed by atoms with Gasteiger partial charge in [-0.15, -0.1) is 0 Å². The Balaban J connectivity index is 1.57. The lowest BCUT2D eigenvalue weighted by molar-refractivity contribution is 0.475. The number of phenols is 2. The van der Waals surface area contributed by atoms with Crippen molar-refractivity contribution in [2.24, 2.45) is 0 Å². The number of hydrogen-bond acceptors (Lipinski definition) is 3. The third-order valence-corrected chi connectivity index (χ3v) is 4.86. The molecule has 0 aliphatic heterocycles. The van der Waals surface area contributed by atoms with E-state index in [4.69, 9.17) is 0 Å². The van der Waals surface area contributed by atoms with Crippen LogP contribution in [-0.2, 0) is 0 Å². The van der Waals surface area contributed by atoms with Crippen LogP contribution in [0.5, 0.6) is 11.5 Å². The summed E-state index contributed by atoms with van der Waals surface area (Å²) in [6.45, 7) is 0. The molecule has 0 radical (unpaired) electrons. The monoisotopic (exact) mass is 405 g/mol. The molecule has 0 spiro atoms. The lowest BCUT2D eigenvalue weighted by atomic mass is 10.1. The number of anilines is 3. The SMILES string of the molecule is Oc1ccc(N(c2ccc(O)cc2)c2ccc(C=CC=Cc3ccccc3)cc2)cc1. The zero-order valence-electron chi connectivity index (χ0n) is 17.0. The molecule has 0 heterocycles. The van der Waals surface area contributed by atoms with Gasteiger partial charge in [-0.3, -0.25) is 0 Å². The van der Waals surface area contributed by atoms with Crippen LogP contribution >= 0.6 is 0 Å². The highest BCUT2D eigenvalue weighted by atomic mass is 16.3. The van der Waals surface area contributed by atoms with Gasteiger partial charge in [0, 0.05) is 17.1 Å². The van der Waals surface area contributed by atoms with Gasteiger partial charge >= 0.3 is 0 Å². The second-order valence-electron chi connectivity index (χ2n) is 7.09. The van der Waals surface area contributed by atoms with E-state index in [9.17, 15) is 10.2 Å². The Hall–Kier alpha value is -4.24. The van der Waals surface area contributed by atoms with E-state index in [1.54, 1.807) is 24.3 Å². The molecule has 3 heteroatoms. The summed E-state index contributed by atoms with van der Waals surface area (Å²) in [5.41, 5.74) is 5.07. The summed E-state index contributed by atoms with van der Waals surface area (Å²) in [6, 6.07) is 32.6. The van der Waals surface area contributed by atoms with Crippen molar-refractivity contribution in [1.82, 2.24) is 0 Å². The lowest BCUT2D eigenvalue weighted by Gasteiger charge is -2.25. The molecule has 0 aromatic heterocycles. The fourth-order valence-corrected chi connectivity index (χ4v) is 3.28. The van der Waals surface area contributed by atoms with Crippen LogP contribution in [0.15, 0.2) is 115 Å². The first-order valence-corrected chi connectivity index (χ1v) is 10.1. The van der Waals surface area contributed by atoms with Crippen LogP contribution < -0.4 is 4.90 Å². The van der Waals surface area contributed by atoms with Crippen molar-refractivity contribution < 1.29 is 10.2 Å². The lowest BCUT2D eigenvalue weighted by Crippen LogP contribution is -2.09. The van der Waals surface area contributed by atoms with Gasteiger partial charge in [0.1, 0.15) is 11.5 Å². The number of allylic oxidation sites excluding steroid dienone is 2. The first kappa shape index (κ1) is 20.0. The quantitative estimate of drug-likeness (QED) is 0.331. The summed E-state index contributed by atoms with van der Waals surface area (Å²) in [5.74, 6) is 0.442. The van der Waals surface area contributed by atoms with Crippen molar-refractivity contribution in [3.63, 3.8) is 0 Å². The number of benzene rings is 4. The van der Waals surface area contributed by atoms with Crippen LogP contribution in [0, 0.1) is 0 Å². The smallest absolute Gasteiger partial charge is 0.115 e. The number of nitrogens with zero attached hydrogens (tertiary/aromatic N) is 1. The van der Waals surface area contributed by atoms with E-state index in [-0.39, 0.29) is 11.5 Å². The summed E-state index contributed by atoms with van der Waals surface area (Å²) >= 11 is 0. The standard InChI is InChI=1S/C28H23NO2/c30-27-18-14-25(15-19-27)29(26-16-20-28(31)21-17-26)24-12-10-23(11-13-24)9-5-4-8-22-6-2-1-3-7-22/h1-21,30-31H. The van der Waals surface area contributed by atoms with Crippen LogP contribution in [0.4, 0.5) is 17.1 Å². The third kappa shape index (κ3) is 5.22. The van der Waals surface area contributed by atoms with Crippen molar-refractivity contribution >= 4 is 29.2 Å². The second kappa shape index (κ2) is 9.51. The van der Waals surface area contributed by atoms with Crippen LogP contribution in [0.25, 0.3) is 12.2 Å². The average Bonchev–Trinajstić information content (AvgIpc) is 2.81. The van der Waals surface area contributed by atoms with Gasteiger partial charge in [-0.2, -0.15) is 0 Å². The molecule has 0 saturated heterocycles. The normalized spacial score (nSPS) is 11.2. The van der Waals surface area contributed by atoms with E-state index >= 15 is 0 Å². The highest BCUT2D eigenvalue weighted by Crippen LogP contribution is 2.35. The minimum atomic E-state index is 0.221. The highest BCUT2D eigenvalue weighted by molar-refractivity contribution is 5.77. The fourth-order valence-electron chi connectivity index (χ4n) is 3.28. The molecular formula is C28H23NO2. The summed E-state index contributed by atoms with van der Waals surface area (Å²) in [5, 5.41) is 19.3. The molecule has 4 aromatic carbocycles. The van der Waals surface area contributed by atoms with Gasteiger partial charge in [0.25, 0.3) is 0 Å². The van der Waals surface area contributed by atoms with E-state index in [1.807, 2.05) is 54.6 Å². The Morgan fingerprint density at radius 1 is 0.452 bits per heavy atom. The molecule has 4 rings (SSSR count). The fraction of sp³-hybridized carbons (Fsp3) is 0. The van der Waals surface area contributed by atoms with E-state index < -0.39 is 0 Å². The van der Waals surface area contributed by atoms with Crippen LogP contribution in [0.1, 0.15) is 11.1 Å². The average molecular weight is 405 g/mol. The zero-order valence-corrected chi connectivity index (χ0v) is 17.0. The van der Waals surface area contributed by atoms with Gasteiger partial charge in [0.15, 0.2) is 0 Å². The molecule has 0 aliphatic rings. The van der Waals surface area contributed by atoms with Crippen LogP contribution in [-0.4, -0.2) is 10.2 Å². The van der Waals surface area contributed by atoms with Crippen LogP contribution in [0.2, 0.25) is 0 Å². The van der Waals surface area contributed by atoms with Gasteiger partial charge in [0.05, 0.1) is 0 Å². The molecule has 0 amide bonds. The first-order valence-electron chi connectivity index (χ1n) is 10.1. The molecule has 152 valence electrons. The predicted molar refractivity (Wildman–Crippen MR) is 129 cm³/mol. The zero-order chi connectivity index (χ0) is 21.5. The topological polar surface area (TPSA) is 43.7 Å². The molecular weight excluding hydrogens is 382 g/mol. The maximum Gasteiger partial charge on any atom is 0.115 e. The van der Waals surface area contributed by atoms with Gasteiger partial charge < -0.3 is 15.1 Å². The Kier molecular flexibility index (Phi) is 6.15. The Labute approximate surface area is 182 Å². The minimum absolute atomic E-state index is 0.221. The maximum absolute atomic E-state index is 9.66. The third-order valence-electron chi connectivity index (χ3n) is 4.86. The largest absolute Gasteiger partial charge is 0.508 e. The Morgan fingerprint density at radius 2 is 0.839 bits per heavy atom. The van der Waals surface area contributed by atoms with Crippen molar-refractivity contribution in [2.75, 3.05) is 4.90 Å². The minimum Gasteiger partial charge on any atom is -0.508 e. The van der Waals surface area contributed by atoms with E-state index in [2.05, 4.69) is 53.5 Å². The van der Waals surface area contributed by atoms with Gasteiger partial charge in [0.2, 0.25) is 0 Å². The molecule has 3 nitrogen and oxygen atoms in total. The molecule has 2 N–H and O–H groups in total. The maximum atomic E-state index is 9.66. The highest BCUT2D eigenvalue weighted by Gasteiger charge is 2.12. The van der Waals surface area contributed by atoms with Crippen molar-refractivity contribution in [3.05, 3.63) is 126 Å². The Bertz CT molecular complexity index is 1120. The summed E-state index contributed by atoms with van der Waals surface area (Å²) in [4.78, 5) is 2.07. The number of hydrogen-bond donors (Lipinski definition) is 2. The molecule has 0 bridgehead atoms. The second-order valence-corrected chi connectivity index (χ2v) is 7.09. The van der Waals surface area contributed by atoms with Crippen molar-refractivity contribution in [3.8, 4) is 11.5 Å². The molecule has 0 unspecified atom stereocenters. The first-order chi connectivity index (χ1) is 15.2. The molecule has 0 atom stereocenters. The van der Waals surface area contributed by atoms with Crippen molar-refractivity contribution in [2.45, 2.75) is 0 Å². The molecule has 0 aliphatic carbocycles. The molecule has 31 heavy (non-hydrogen) atoms. The number of rotatable bonds is 6. The Morgan fingerprint density at radius 3 is 1.29 bits per heavy atom. The summed E-state index contributed by atoms with van der Waals surface area (Å²) in [7, 11) is 0. The molecule has 0 fully saturated rings. The summed E-state index contributed by atoms with van der Waals surface area (Å²) in [6.07, 6.45) is 8.19.